The molecule has 1 aliphatic carbocycles. The monoisotopic (exact) mass is 214 g/mol. The Balaban J connectivity index is 1.67. The van der Waals surface area contributed by atoms with Gasteiger partial charge in [0.1, 0.15) is 6.17 Å². The molecule has 15 heavy (non-hydrogen) atoms. The minimum Gasteiger partial charge on any atom is -0.311 e. The lowest BCUT2D eigenvalue weighted by atomic mass is 10.1. The van der Waals surface area contributed by atoms with Crippen molar-refractivity contribution in [3.05, 3.63) is 0 Å². The van der Waals surface area contributed by atoms with Gasteiger partial charge in [0, 0.05) is 12.1 Å². The van der Waals surface area contributed by atoms with Crippen LogP contribution in [0.5, 0.6) is 0 Å². The van der Waals surface area contributed by atoms with Crippen molar-refractivity contribution in [2.24, 2.45) is 0 Å². The molecular formula is C12H23FN2. The molecule has 0 bridgehead atoms. The summed E-state index contributed by atoms with van der Waals surface area (Å²) in [5, 5.41) is 3.25. The molecule has 1 heterocycles. The summed E-state index contributed by atoms with van der Waals surface area (Å²) >= 11 is 0. The molecule has 0 aromatic heterocycles. The van der Waals surface area contributed by atoms with Gasteiger partial charge in [-0.3, -0.25) is 0 Å². The van der Waals surface area contributed by atoms with Crippen LogP contribution >= 0.6 is 0 Å². The van der Waals surface area contributed by atoms with Crippen LogP contribution < -0.4 is 5.32 Å². The molecule has 1 aliphatic heterocycles. The summed E-state index contributed by atoms with van der Waals surface area (Å²) in [6.07, 6.45) is 6.50. The first-order valence-corrected chi connectivity index (χ1v) is 6.35. The Kier molecular flexibility index (Phi) is 3.98. The third-order valence-electron chi connectivity index (χ3n) is 4.00. The van der Waals surface area contributed by atoms with Crippen molar-refractivity contribution in [2.45, 2.75) is 56.8 Å². The average molecular weight is 214 g/mol. The van der Waals surface area contributed by atoms with Crippen LogP contribution in [0, 0.1) is 0 Å². The maximum Gasteiger partial charge on any atom is 0.117 e. The Bertz CT molecular complexity index is 192. The molecule has 2 nitrogen and oxygen atoms in total. The van der Waals surface area contributed by atoms with E-state index in [0.29, 0.717) is 6.42 Å². The van der Waals surface area contributed by atoms with E-state index in [1.807, 2.05) is 0 Å². The van der Waals surface area contributed by atoms with Gasteiger partial charge in [0.2, 0.25) is 0 Å². The summed E-state index contributed by atoms with van der Waals surface area (Å²) in [5.41, 5.74) is 0. The summed E-state index contributed by atoms with van der Waals surface area (Å²) in [5.74, 6) is 0. The van der Waals surface area contributed by atoms with E-state index in [4.69, 9.17) is 0 Å². The minimum absolute atomic E-state index is 0.119. The molecule has 1 N–H and O–H groups in total. The zero-order valence-corrected chi connectivity index (χ0v) is 9.71. The molecule has 0 spiro atoms. The molecule has 2 aliphatic rings. The number of nitrogens with zero attached hydrogens (tertiary/aromatic N) is 1. The van der Waals surface area contributed by atoms with Crippen molar-refractivity contribution in [1.29, 1.82) is 0 Å². The van der Waals surface area contributed by atoms with E-state index in [-0.39, 0.29) is 6.04 Å². The Morgan fingerprint density at radius 3 is 2.60 bits per heavy atom. The van der Waals surface area contributed by atoms with Gasteiger partial charge in [0.05, 0.1) is 0 Å². The Morgan fingerprint density at radius 2 is 2.00 bits per heavy atom. The lowest BCUT2D eigenvalue weighted by Gasteiger charge is -2.25. The van der Waals surface area contributed by atoms with Crippen molar-refractivity contribution in [3.63, 3.8) is 0 Å². The predicted octanol–water partition coefficient (Wildman–Crippen LogP) is 1.95. The molecule has 88 valence electrons. The lowest BCUT2D eigenvalue weighted by Crippen LogP contribution is -2.36. The van der Waals surface area contributed by atoms with E-state index >= 15 is 0 Å². The van der Waals surface area contributed by atoms with Gasteiger partial charge >= 0.3 is 0 Å². The number of alkyl halides is 1. The second-order valence-corrected chi connectivity index (χ2v) is 5.07. The number of halogens is 1. The molecule has 3 heteroatoms. The van der Waals surface area contributed by atoms with Crippen LogP contribution in [0.15, 0.2) is 0 Å². The Labute approximate surface area is 92.2 Å². The van der Waals surface area contributed by atoms with Crippen LogP contribution in [-0.2, 0) is 0 Å². The maximum absolute atomic E-state index is 13.3. The molecule has 2 unspecified atom stereocenters. The zero-order valence-electron chi connectivity index (χ0n) is 9.71. The first-order chi connectivity index (χ1) is 7.27. The maximum atomic E-state index is 13.3. The molecule has 0 aromatic rings. The SMILES string of the molecule is CN(CCC1NCCC1F)C1CCCC1. The second kappa shape index (κ2) is 5.26. The molecule has 0 amide bonds. The topological polar surface area (TPSA) is 15.3 Å². The fourth-order valence-electron chi connectivity index (χ4n) is 2.89. The molecule has 2 atom stereocenters. The van der Waals surface area contributed by atoms with Crippen LogP contribution in [0.2, 0.25) is 0 Å². The van der Waals surface area contributed by atoms with Gasteiger partial charge in [-0.05, 0) is 45.8 Å². The minimum atomic E-state index is -0.609. The number of rotatable bonds is 4. The number of nitrogens with one attached hydrogen (secondary N) is 1. The number of hydrogen-bond donors (Lipinski definition) is 1. The first-order valence-electron chi connectivity index (χ1n) is 6.35. The Hall–Kier alpha value is -0.150. The highest BCUT2D eigenvalue weighted by Gasteiger charge is 2.27. The predicted molar refractivity (Wildman–Crippen MR) is 60.8 cm³/mol. The van der Waals surface area contributed by atoms with Crippen LogP contribution in [0.4, 0.5) is 4.39 Å². The fourth-order valence-corrected chi connectivity index (χ4v) is 2.89. The van der Waals surface area contributed by atoms with Crippen LogP contribution in [0.3, 0.4) is 0 Å². The normalized spacial score (nSPS) is 33.0. The van der Waals surface area contributed by atoms with Crippen molar-refractivity contribution < 1.29 is 4.39 Å². The quantitative estimate of drug-likeness (QED) is 0.769. The number of hydrogen-bond acceptors (Lipinski definition) is 2. The Morgan fingerprint density at radius 1 is 1.27 bits per heavy atom. The highest BCUT2D eigenvalue weighted by atomic mass is 19.1. The van der Waals surface area contributed by atoms with E-state index in [1.165, 1.54) is 25.7 Å². The van der Waals surface area contributed by atoms with Gasteiger partial charge in [-0.1, -0.05) is 12.8 Å². The molecule has 0 aromatic carbocycles. The van der Waals surface area contributed by atoms with Crippen LogP contribution in [-0.4, -0.2) is 43.3 Å². The molecular weight excluding hydrogens is 191 g/mol. The second-order valence-electron chi connectivity index (χ2n) is 5.07. The summed E-state index contributed by atoms with van der Waals surface area (Å²) in [7, 11) is 2.19. The molecule has 0 radical (unpaired) electrons. The highest BCUT2D eigenvalue weighted by Crippen LogP contribution is 2.23. The van der Waals surface area contributed by atoms with Gasteiger partial charge in [0.25, 0.3) is 0 Å². The van der Waals surface area contributed by atoms with E-state index in [0.717, 1.165) is 25.6 Å². The van der Waals surface area contributed by atoms with Crippen molar-refractivity contribution in [3.8, 4) is 0 Å². The summed E-state index contributed by atoms with van der Waals surface area (Å²) < 4.78 is 13.3. The van der Waals surface area contributed by atoms with Gasteiger partial charge in [-0.25, -0.2) is 4.39 Å². The van der Waals surface area contributed by atoms with E-state index in [1.54, 1.807) is 0 Å². The fraction of sp³-hybridized carbons (Fsp3) is 1.00. The van der Waals surface area contributed by atoms with Crippen molar-refractivity contribution >= 4 is 0 Å². The zero-order chi connectivity index (χ0) is 10.7. The lowest BCUT2D eigenvalue weighted by molar-refractivity contribution is 0.213. The van der Waals surface area contributed by atoms with Crippen LogP contribution in [0.1, 0.15) is 38.5 Å². The molecule has 2 fully saturated rings. The van der Waals surface area contributed by atoms with Crippen LogP contribution in [0.25, 0.3) is 0 Å². The van der Waals surface area contributed by atoms with Gasteiger partial charge < -0.3 is 10.2 Å². The van der Waals surface area contributed by atoms with E-state index in [9.17, 15) is 4.39 Å². The molecule has 1 saturated heterocycles. The van der Waals surface area contributed by atoms with Crippen molar-refractivity contribution in [1.82, 2.24) is 10.2 Å². The molecule has 2 rings (SSSR count). The van der Waals surface area contributed by atoms with Gasteiger partial charge in [-0.2, -0.15) is 0 Å². The van der Waals surface area contributed by atoms with Crippen molar-refractivity contribution in [2.75, 3.05) is 20.1 Å². The standard InChI is InChI=1S/C12H23FN2/c1-15(10-4-2-3-5-10)9-7-12-11(13)6-8-14-12/h10-12,14H,2-9H2,1H3. The summed E-state index contributed by atoms with van der Waals surface area (Å²) in [6, 6.07) is 0.887. The van der Waals surface area contributed by atoms with E-state index < -0.39 is 6.17 Å². The average Bonchev–Trinajstić information content (AvgIpc) is 2.85. The summed E-state index contributed by atoms with van der Waals surface area (Å²) in [6.45, 7) is 1.90. The van der Waals surface area contributed by atoms with E-state index in [2.05, 4.69) is 17.3 Å². The molecule has 1 saturated carbocycles. The largest absolute Gasteiger partial charge is 0.311 e. The smallest absolute Gasteiger partial charge is 0.117 e. The third kappa shape index (κ3) is 2.91. The van der Waals surface area contributed by atoms with Gasteiger partial charge in [0.15, 0.2) is 0 Å². The highest BCUT2D eigenvalue weighted by molar-refractivity contribution is 4.85. The summed E-state index contributed by atoms with van der Waals surface area (Å²) in [4.78, 5) is 2.43. The third-order valence-corrected chi connectivity index (χ3v) is 4.00. The first kappa shape index (κ1) is 11.3. The van der Waals surface area contributed by atoms with Gasteiger partial charge in [-0.15, -0.1) is 0 Å².